The molecule has 1 aliphatic heterocycles. The van der Waals surface area contributed by atoms with E-state index in [1.54, 1.807) is 12.3 Å². The van der Waals surface area contributed by atoms with E-state index in [1.807, 2.05) is 18.2 Å². The lowest BCUT2D eigenvalue weighted by Gasteiger charge is -2.20. The molecular weight excluding hydrogens is 240 g/mol. The van der Waals surface area contributed by atoms with Crippen molar-refractivity contribution in [1.82, 2.24) is 0 Å². The van der Waals surface area contributed by atoms with E-state index in [2.05, 4.69) is 31.8 Å². The molecule has 0 aromatic carbocycles. The first kappa shape index (κ1) is 13.1. The number of rotatable bonds is 5. The highest BCUT2D eigenvalue weighted by Crippen LogP contribution is 2.35. The summed E-state index contributed by atoms with van der Waals surface area (Å²) in [6.45, 7) is 8.11. The number of hydrogen-bond donors (Lipinski definition) is 0. The van der Waals surface area contributed by atoms with Gasteiger partial charge < -0.3 is 8.84 Å². The van der Waals surface area contributed by atoms with Gasteiger partial charge in [0.15, 0.2) is 0 Å². The van der Waals surface area contributed by atoms with Gasteiger partial charge in [-0.15, -0.1) is 0 Å². The largest absolute Gasteiger partial charge is 0.465 e. The van der Waals surface area contributed by atoms with Crippen molar-refractivity contribution < 1.29 is 8.84 Å². The zero-order valence-corrected chi connectivity index (χ0v) is 12.1. The quantitative estimate of drug-likeness (QED) is 0.581. The molecule has 0 radical (unpaired) electrons. The molecule has 96 valence electrons. The Morgan fingerprint density at radius 1 is 1.44 bits per heavy atom. The molecule has 0 N–H and O–H groups in total. The normalized spacial score (nSPS) is 22.3. The Balaban J connectivity index is 2.04. The van der Waals surface area contributed by atoms with E-state index in [9.17, 15) is 0 Å². The van der Waals surface area contributed by atoms with Gasteiger partial charge in [-0.1, -0.05) is 30.9 Å². The molecular formula is C15H20O2Si. The van der Waals surface area contributed by atoms with Crippen molar-refractivity contribution in [3.8, 4) is 0 Å². The lowest BCUT2D eigenvalue weighted by molar-refractivity contribution is 0.247. The van der Waals surface area contributed by atoms with Gasteiger partial charge in [0.2, 0.25) is 8.32 Å². The van der Waals surface area contributed by atoms with Crippen molar-refractivity contribution in [3.63, 3.8) is 0 Å². The summed E-state index contributed by atoms with van der Waals surface area (Å²) in [7, 11) is -1.78. The summed E-state index contributed by atoms with van der Waals surface area (Å²) < 4.78 is 11.7. The first-order chi connectivity index (χ1) is 8.63. The summed E-state index contributed by atoms with van der Waals surface area (Å²) in [5, 5.41) is 1.28. The highest BCUT2D eigenvalue weighted by atomic mass is 28.4. The van der Waals surface area contributed by atoms with Crippen molar-refractivity contribution in [3.05, 3.63) is 55.0 Å². The summed E-state index contributed by atoms with van der Waals surface area (Å²) >= 11 is 0. The van der Waals surface area contributed by atoms with Gasteiger partial charge in [-0.2, -0.15) is 0 Å². The van der Waals surface area contributed by atoms with E-state index in [-0.39, 0.29) is 6.10 Å². The second-order valence-corrected chi connectivity index (χ2v) is 8.76. The molecule has 0 amide bonds. The van der Waals surface area contributed by atoms with Gasteiger partial charge in [0, 0.05) is 5.20 Å². The maximum absolute atomic E-state index is 6.19. The Morgan fingerprint density at radius 3 is 2.94 bits per heavy atom. The van der Waals surface area contributed by atoms with Gasteiger partial charge in [0.1, 0.15) is 5.76 Å². The standard InChI is InChI=1S/C15H20O2Si/c1-4-5-6-7-9-13-12-15(18(2,3)17-13)14-10-8-11-16-14/h4-6,8,10-13H,1,7,9H2,2-3H3/b6-5+. The molecule has 1 unspecified atom stereocenters. The maximum Gasteiger partial charge on any atom is 0.222 e. The van der Waals surface area contributed by atoms with Crippen LogP contribution in [0, 0.1) is 0 Å². The second kappa shape index (κ2) is 5.55. The van der Waals surface area contributed by atoms with Crippen LogP contribution in [0.3, 0.4) is 0 Å². The molecule has 18 heavy (non-hydrogen) atoms. The Labute approximate surface area is 110 Å². The topological polar surface area (TPSA) is 22.4 Å². The molecule has 3 heteroatoms. The van der Waals surface area contributed by atoms with Crippen molar-refractivity contribution in [2.75, 3.05) is 0 Å². The summed E-state index contributed by atoms with van der Waals surface area (Å²) in [4.78, 5) is 0. The highest BCUT2D eigenvalue weighted by molar-refractivity contribution is 6.90. The summed E-state index contributed by atoms with van der Waals surface area (Å²) in [5.74, 6) is 0.968. The van der Waals surface area contributed by atoms with E-state index >= 15 is 0 Å². The number of hydrogen-bond acceptors (Lipinski definition) is 2. The van der Waals surface area contributed by atoms with Crippen molar-refractivity contribution in [1.29, 1.82) is 0 Å². The molecule has 0 saturated heterocycles. The smallest absolute Gasteiger partial charge is 0.222 e. The number of allylic oxidation sites excluding steroid dienone is 3. The zero-order chi connectivity index (χ0) is 13.0. The lowest BCUT2D eigenvalue weighted by Crippen LogP contribution is -2.30. The van der Waals surface area contributed by atoms with Crippen LogP contribution >= 0.6 is 0 Å². The monoisotopic (exact) mass is 260 g/mol. The van der Waals surface area contributed by atoms with Crippen LogP contribution in [0.1, 0.15) is 18.6 Å². The zero-order valence-electron chi connectivity index (χ0n) is 11.1. The van der Waals surface area contributed by atoms with Crippen LogP contribution in [-0.2, 0) is 4.43 Å². The van der Waals surface area contributed by atoms with Gasteiger partial charge in [0.25, 0.3) is 0 Å². The molecule has 1 aromatic heterocycles. The van der Waals surface area contributed by atoms with Gasteiger partial charge >= 0.3 is 0 Å². The molecule has 1 atom stereocenters. The average molecular weight is 260 g/mol. The summed E-state index contributed by atoms with van der Waals surface area (Å²) in [5.41, 5.74) is 0. The summed E-state index contributed by atoms with van der Waals surface area (Å²) in [6, 6.07) is 3.95. The van der Waals surface area contributed by atoms with Gasteiger partial charge in [-0.3, -0.25) is 0 Å². The van der Waals surface area contributed by atoms with Crippen LogP contribution in [0.2, 0.25) is 13.1 Å². The molecule has 0 bridgehead atoms. The lowest BCUT2D eigenvalue weighted by atomic mass is 10.1. The van der Waals surface area contributed by atoms with Crippen molar-refractivity contribution in [2.45, 2.75) is 32.0 Å². The molecule has 0 fully saturated rings. The highest BCUT2D eigenvalue weighted by Gasteiger charge is 2.38. The third-order valence-electron chi connectivity index (χ3n) is 3.12. The van der Waals surface area contributed by atoms with Crippen LogP contribution < -0.4 is 0 Å². The van der Waals surface area contributed by atoms with Crippen LogP contribution in [0.25, 0.3) is 5.20 Å². The fourth-order valence-electron chi connectivity index (χ4n) is 2.27. The van der Waals surface area contributed by atoms with E-state index in [0.717, 1.165) is 18.6 Å². The van der Waals surface area contributed by atoms with E-state index in [4.69, 9.17) is 8.84 Å². The Bertz CT molecular complexity index is 455. The van der Waals surface area contributed by atoms with E-state index in [0.29, 0.717) is 0 Å². The SMILES string of the molecule is C=C/C=C/CCC1C=C(c2ccco2)[Si](C)(C)O1. The Morgan fingerprint density at radius 2 is 2.28 bits per heavy atom. The van der Waals surface area contributed by atoms with Crippen LogP contribution in [0.15, 0.2) is 53.7 Å². The minimum Gasteiger partial charge on any atom is -0.465 e. The second-order valence-electron chi connectivity index (χ2n) is 4.97. The van der Waals surface area contributed by atoms with E-state index in [1.165, 1.54) is 5.20 Å². The Kier molecular flexibility index (Phi) is 4.04. The molecule has 2 heterocycles. The third-order valence-corrected chi connectivity index (χ3v) is 5.73. The molecule has 1 aliphatic rings. The van der Waals surface area contributed by atoms with Gasteiger partial charge in [-0.25, -0.2) is 0 Å². The van der Waals surface area contributed by atoms with Crippen LogP contribution in [0.5, 0.6) is 0 Å². The minimum absolute atomic E-state index is 0.223. The van der Waals surface area contributed by atoms with E-state index < -0.39 is 8.32 Å². The fourth-order valence-corrected chi connectivity index (χ4v) is 4.66. The molecule has 0 spiro atoms. The first-order valence-electron chi connectivity index (χ1n) is 6.35. The third kappa shape index (κ3) is 2.92. The molecule has 2 nitrogen and oxygen atoms in total. The predicted octanol–water partition coefficient (Wildman–Crippen LogP) is 4.33. The first-order valence-corrected chi connectivity index (χ1v) is 9.26. The molecule has 2 rings (SSSR count). The van der Waals surface area contributed by atoms with Gasteiger partial charge in [-0.05, 0) is 38.1 Å². The Hall–Kier alpha value is -1.32. The minimum atomic E-state index is -1.78. The molecule has 0 saturated carbocycles. The van der Waals surface area contributed by atoms with Crippen molar-refractivity contribution in [2.24, 2.45) is 0 Å². The average Bonchev–Trinajstić information content (AvgIpc) is 2.91. The fraction of sp³-hybridized carbons (Fsp3) is 0.333. The number of furan rings is 1. The summed E-state index contributed by atoms with van der Waals surface area (Å²) in [6.07, 6.45) is 12.1. The maximum atomic E-state index is 6.19. The molecule has 1 aromatic rings. The van der Waals surface area contributed by atoms with Crippen LogP contribution in [0.4, 0.5) is 0 Å². The molecule has 0 aliphatic carbocycles. The predicted molar refractivity (Wildman–Crippen MR) is 77.6 cm³/mol. The van der Waals surface area contributed by atoms with Gasteiger partial charge in [0.05, 0.1) is 12.4 Å². The van der Waals surface area contributed by atoms with Crippen molar-refractivity contribution >= 4 is 13.5 Å². The van der Waals surface area contributed by atoms with Crippen LogP contribution in [-0.4, -0.2) is 14.4 Å².